The summed E-state index contributed by atoms with van der Waals surface area (Å²) in [5.74, 6) is -0.480. The van der Waals surface area contributed by atoms with Crippen molar-refractivity contribution in [3.8, 4) is 11.5 Å². The van der Waals surface area contributed by atoms with Crippen LogP contribution in [0.5, 0.6) is 11.5 Å². The standard InChI is InChI=1S/C44H33N7O14S4/c1-24-16-39(40(65-2)23-38(24)49-46-29-9-11-32-25(18-29)19-31(67(56,57)58)22-41(32)68(59,60)61)50-47-36-14-15-37(35-21-30(66(53,54)55)10-13-34(35)36)48-51-43-42(69(62,63)64)20-26-17-28(8-12-33(26)44(43)52)45-27-6-4-3-5-7-27/h3-23,45,52H,1-2H3,(H,53,54,55)(H,56,57,58)(H,59,60,61)(H,62,63,64). The molecule has 0 aliphatic carbocycles. The molecule has 0 unspecified atom stereocenters. The van der Waals surface area contributed by atoms with Crippen LogP contribution in [0.3, 0.4) is 0 Å². The van der Waals surface area contributed by atoms with Crippen molar-refractivity contribution in [2.24, 2.45) is 30.7 Å². The van der Waals surface area contributed by atoms with Crippen LogP contribution < -0.4 is 10.1 Å². The van der Waals surface area contributed by atoms with E-state index in [9.17, 15) is 57.0 Å². The lowest BCUT2D eigenvalue weighted by Crippen LogP contribution is -2.04. The van der Waals surface area contributed by atoms with Gasteiger partial charge in [0, 0.05) is 39.0 Å². The summed E-state index contributed by atoms with van der Waals surface area (Å²) in [7, 11) is -18.2. The third-order valence-corrected chi connectivity index (χ3v) is 13.8. The van der Waals surface area contributed by atoms with E-state index in [1.807, 2.05) is 30.3 Å². The van der Waals surface area contributed by atoms with Crippen molar-refractivity contribution in [1.82, 2.24) is 0 Å². The van der Waals surface area contributed by atoms with Crippen molar-refractivity contribution in [2.75, 3.05) is 12.4 Å². The van der Waals surface area contributed by atoms with Crippen molar-refractivity contribution in [2.45, 2.75) is 26.5 Å². The Hall–Kier alpha value is -7.62. The minimum Gasteiger partial charge on any atom is -0.505 e. The van der Waals surface area contributed by atoms with E-state index < -0.39 is 71.5 Å². The van der Waals surface area contributed by atoms with E-state index in [-0.39, 0.29) is 66.5 Å². The number of methoxy groups -OCH3 is 1. The second-order valence-corrected chi connectivity index (χ2v) is 20.6. The lowest BCUT2D eigenvalue weighted by molar-refractivity contribution is 0.416. The number of aryl methyl sites for hydroxylation is 1. The summed E-state index contributed by atoms with van der Waals surface area (Å²) in [5.41, 5.74) is 1.81. The molecular weight excluding hydrogens is 979 g/mol. The predicted molar refractivity (Wildman–Crippen MR) is 253 cm³/mol. The van der Waals surface area contributed by atoms with Crippen molar-refractivity contribution >= 4 is 118 Å². The lowest BCUT2D eigenvalue weighted by atomic mass is 10.1. The van der Waals surface area contributed by atoms with Crippen LogP contribution in [0.25, 0.3) is 32.3 Å². The first-order valence-corrected chi connectivity index (χ1v) is 25.3. The number of benzene rings is 8. The molecule has 0 bridgehead atoms. The van der Waals surface area contributed by atoms with Crippen molar-refractivity contribution < 1.29 is 61.7 Å². The minimum absolute atomic E-state index is 0.000730. The molecule has 8 rings (SSSR count). The molecule has 0 heterocycles. The Morgan fingerprint density at radius 2 is 1.07 bits per heavy atom. The molecule has 6 N–H and O–H groups in total. The Labute approximate surface area is 392 Å². The molecular formula is C44H33N7O14S4. The van der Waals surface area contributed by atoms with E-state index in [0.717, 1.165) is 30.0 Å². The summed E-state index contributed by atoms with van der Waals surface area (Å²) in [6.45, 7) is 1.66. The lowest BCUT2D eigenvalue weighted by Gasteiger charge is -2.12. The average molecular weight is 1010 g/mol. The molecule has 8 aromatic rings. The van der Waals surface area contributed by atoms with E-state index in [4.69, 9.17) is 4.74 Å². The zero-order valence-corrected chi connectivity index (χ0v) is 38.6. The van der Waals surface area contributed by atoms with Crippen LogP contribution in [0.4, 0.5) is 45.5 Å². The van der Waals surface area contributed by atoms with Gasteiger partial charge in [0.05, 0.1) is 39.7 Å². The average Bonchev–Trinajstić information content (AvgIpc) is 3.28. The number of phenols is 1. The summed E-state index contributed by atoms with van der Waals surface area (Å²) in [4.78, 5) is -2.84. The Balaban J connectivity index is 1.14. The van der Waals surface area contributed by atoms with Crippen LogP contribution in [-0.2, 0) is 40.5 Å². The number of aromatic hydroxyl groups is 1. The van der Waals surface area contributed by atoms with E-state index >= 15 is 0 Å². The maximum absolute atomic E-state index is 12.7. The quantitative estimate of drug-likeness (QED) is 0.0462. The number of ether oxygens (including phenoxy) is 1. The molecule has 21 nitrogen and oxygen atoms in total. The summed E-state index contributed by atoms with van der Waals surface area (Å²) < 4.78 is 143. The highest BCUT2D eigenvalue weighted by atomic mass is 32.2. The molecule has 0 aliphatic heterocycles. The molecule has 0 aromatic heterocycles. The molecule has 0 saturated heterocycles. The van der Waals surface area contributed by atoms with E-state index in [0.29, 0.717) is 17.3 Å². The van der Waals surface area contributed by atoms with Crippen molar-refractivity contribution in [1.29, 1.82) is 0 Å². The molecule has 0 spiro atoms. The molecule has 0 amide bonds. The number of nitrogens with zero attached hydrogens (tertiary/aromatic N) is 6. The number of para-hydroxylation sites is 1. The van der Waals surface area contributed by atoms with Crippen LogP contribution in [0.1, 0.15) is 5.56 Å². The first-order chi connectivity index (χ1) is 32.5. The third kappa shape index (κ3) is 10.3. The number of phenolic OH excluding ortho intramolecular Hbond substituents is 1. The second-order valence-electron chi connectivity index (χ2n) is 14.9. The third-order valence-electron chi connectivity index (χ3n) is 10.4. The van der Waals surface area contributed by atoms with Crippen LogP contribution in [0, 0.1) is 6.92 Å². The predicted octanol–water partition coefficient (Wildman–Crippen LogP) is 11.1. The van der Waals surface area contributed by atoms with Gasteiger partial charge < -0.3 is 15.2 Å². The Morgan fingerprint density at radius 3 is 1.74 bits per heavy atom. The second kappa shape index (κ2) is 18.1. The maximum atomic E-state index is 12.7. The van der Waals surface area contributed by atoms with Gasteiger partial charge in [0.2, 0.25) is 0 Å². The first kappa shape index (κ1) is 47.9. The molecule has 25 heteroatoms. The number of azo groups is 3. The van der Waals surface area contributed by atoms with Gasteiger partial charge in [-0.1, -0.05) is 30.3 Å². The van der Waals surface area contributed by atoms with Crippen LogP contribution in [0.2, 0.25) is 0 Å². The Morgan fingerprint density at radius 1 is 0.464 bits per heavy atom. The molecule has 0 radical (unpaired) electrons. The van der Waals surface area contributed by atoms with Crippen LogP contribution in [-0.4, -0.2) is 64.1 Å². The topological polar surface area (TPSA) is 333 Å². The van der Waals surface area contributed by atoms with Gasteiger partial charge in [0.25, 0.3) is 40.5 Å². The number of rotatable bonds is 13. The van der Waals surface area contributed by atoms with Gasteiger partial charge in [-0.3, -0.25) is 18.2 Å². The highest BCUT2D eigenvalue weighted by molar-refractivity contribution is 7.87. The Bertz CT molecular complexity index is 4000. The van der Waals surface area contributed by atoms with Gasteiger partial charge in [-0.15, -0.1) is 20.5 Å². The number of hydrogen-bond donors (Lipinski definition) is 6. The molecule has 8 aromatic carbocycles. The molecule has 352 valence electrons. The smallest absolute Gasteiger partial charge is 0.296 e. The molecule has 0 saturated carbocycles. The van der Waals surface area contributed by atoms with E-state index in [1.165, 1.54) is 55.6 Å². The van der Waals surface area contributed by atoms with Crippen molar-refractivity contribution in [3.63, 3.8) is 0 Å². The zero-order chi connectivity index (χ0) is 49.6. The van der Waals surface area contributed by atoms with Gasteiger partial charge in [0.15, 0.2) is 5.75 Å². The highest BCUT2D eigenvalue weighted by Gasteiger charge is 2.24. The fourth-order valence-electron chi connectivity index (χ4n) is 7.10. The van der Waals surface area contributed by atoms with Gasteiger partial charge >= 0.3 is 0 Å². The van der Waals surface area contributed by atoms with Gasteiger partial charge in [-0.05, 0) is 114 Å². The normalized spacial score (nSPS) is 12.8. The summed E-state index contributed by atoms with van der Waals surface area (Å²) >= 11 is 0. The number of fused-ring (bicyclic) bond motifs is 3. The fraction of sp³-hybridized carbons (Fsp3) is 0.0455. The molecule has 0 atom stereocenters. The largest absolute Gasteiger partial charge is 0.505 e. The Kier molecular flexibility index (Phi) is 12.6. The van der Waals surface area contributed by atoms with Gasteiger partial charge in [-0.2, -0.15) is 43.9 Å². The monoisotopic (exact) mass is 1010 g/mol. The molecule has 69 heavy (non-hydrogen) atoms. The van der Waals surface area contributed by atoms with Crippen LogP contribution >= 0.6 is 0 Å². The van der Waals surface area contributed by atoms with Crippen molar-refractivity contribution in [3.05, 3.63) is 133 Å². The number of nitrogens with one attached hydrogen (secondary N) is 1. The first-order valence-electron chi connectivity index (χ1n) is 19.6. The zero-order valence-electron chi connectivity index (χ0n) is 35.4. The van der Waals surface area contributed by atoms with E-state index in [2.05, 4.69) is 36.0 Å². The summed E-state index contributed by atoms with van der Waals surface area (Å²) in [6.07, 6.45) is 0. The molecule has 0 aliphatic rings. The summed E-state index contributed by atoms with van der Waals surface area (Å²) in [5, 5.41) is 40.4. The van der Waals surface area contributed by atoms with Gasteiger partial charge in [-0.25, -0.2) is 0 Å². The number of anilines is 2. The SMILES string of the molecule is COc1cc(N=Nc2ccc3c(S(=O)(=O)O)cc(S(=O)(=O)O)cc3c2)c(C)cc1N=Nc1ccc(N=Nc2c(S(=O)(=O)O)cc3cc(Nc4ccccc4)ccc3c2O)c2cc(S(=O)(=O)O)ccc12. The summed E-state index contributed by atoms with van der Waals surface area (Å²) in [6, 6.07) is 29.8. The fourth-order valence-corrected chi connectivity index (χ4v) is 9.62. The highest BCUT2D eigenvalue weighted by Crippen LogP contribution is 2.44. The maximum Gasteiger partial charge on any atom is 0.296 e. The van der Waals surface area contributed by atoms with E-state index in [1.54, 1.807) is 25.1 Å². The van der Waals surface area contributed by atoms with Gasteiger partial charge in [0.1, 0.15) is 26.9 Å². The minimum atomic E-state index is -5.02. The van der Waals surface area contributed by atoms with Crippen LogP contribution in [0.15, 0.2) is 178 Å². The molecule has 0 fully saturated rings. The number of hydrogen-bond acceptors (Lipinski definition) is 17.